The molecule has 13 heavy (non-hydrogen) atoms. The van der Waals surface area contributed by atoms with Crippen LogP contribution in [-0.4, -0.2) is 4.98 Å². The van der Waals surface area contributed by atoms with E-state index in [1.54, 1.807) is 0 Å². The van der Waals surface area contributed by atoms with Crippen LogP contribution >= 0.6 is 0 Å². The molecule has 0 spiro atoms. The van der Waals surface area contributed by atoms with Crippen molar-refractivity contribution >= 4 is 0 Å². The fraction of sp³-hybridized carbons (Fsp3) is 0.500. The number of pyridine rings is 1. The number of nitrogens with two attached hydrogens (primary N) is 1. The number of hydrogen-bond donors (Lipinski definition) is 2. The lowest BCUT2D eigenvalue weighted by atomic mass is 10.1. The predicted octanol–water partition coefficient (Wildman–Crippen LogP) is 1.48. The molecule has 1 rings (SSSR count). The summed E-state index contributed by atoms with van der Waals surface area (Å²) < 4.78 is 0. The Labute approximate surface area is 79.0 Å². The number of aromatic amines is 1. The minimum atomic E-state index is -0.0648. The molecule has 3 heteroatoms. The maximum atomic E-state index is 11.2. The fourth-order valence-electron chi connectivity index (χ4n) is 1.14. The Morgan fingerprint density at radius 3 is 2.31 bits per heavy atom. The average molecular weight is 182 g/mol. The highest BCUT2D eigenvalue weighted by atomic mass is 16.1. The number of H-pyrrole nitrogens is 1. The second-order valence-corrected chi connectivity index (χ2v) is 2.65. The van der Waals surface area contributed by atoms with Crippen molar-refractivity contribution in [1.82, 2.24) is 4.98 Å². The molecule has 3 nitrogen and oxygen atoms in total. The summed E-state index contributed by atoms with van der Waals surface area (Å²) in [4.78, 5) is 13.9. The van der Waals surface area contributed by atoms with E-state index in [0.29, 0.717) is 12.1 Å². The molecule has 3 N–H and O–H groups in total. The Bertz CT molecular complexity index is 315. The van der Waals surface area contributed by atoms with Gasteiger partial charge in [0.25, 0.3) is 5.56 Å². The van der Waals surface area contributed by atoms with E-state index < -0.39 is 0 Å². The summed E-state index contributed by atoms with van der Waals surface area (Å²) in [6.45, 7) is 8.06. The van der Waals surface area contributed by atoms with Crippen molar-refractivity contribution in [2.24, 2.45) is 5.73 Å². The zero-order valence-electron chi connectivity index (χ0n) is 8.77. The first-order valence-corrected chi connectivity index (χ1v) is 4.54. The van der Waals surface area contributed by atoms with E-state index in [9.17, 15) is 4.79 Å². The van der Waals surface area contributed by atoms with Gasteiger partial charge in [0.05, 0.1) is 0 Å². The van der Waals surface area contributed by atoms with E-state index in [2.05, 4.69) is 4.98 Å². The molecule has 1 aromatic heterocycles. The van der Waals surface area contributed by atoms with Gasteiger partial charge in [0.15, 0.2) is 0 Å². The third-order valence-corrected chi connectivity index (χ3v) is 1.70. The molecule has 0 bridgehead atoms. The maximum absolute atomic E-state index is 11.2. The number of nitrogens with one attached hydrogen (secondary N) is 1. The van der Waals surface area contributed by atoms with Gasteiger partial charge in [0.1, 0.15) is 0 Å². The molecule has 0 fully saturated rings. The minimum Gasteiger partial charge on any atom is -0.326 e. The molecule has 0 aliphatic rings. The van der Waals surface area contributed by atoms with Crippen molar-refractivity contribution in [1.29, 1.82) is 0 Å². The van der Waals surface area contributed by atoms with E-state index in [0.717, 1.165) is 11.3 Å². The van der Waals surface area contributed by atoms with Crippen LogP contribution < -0.4 is 11.3 Å². The second kappa shape index (κ2) is 5.54. The van der Waals surface area contributed by atoms with Gasteiger partial charge >= 0.3 is 0 Å². The fourth-order valence-corrected chi connectivity index (χ4v) is 1.14. The Morgan fingerprint density at radius 2 is 1.92 bits per heavy atom. The van der Waals surface area contributed by atoms with Crippen LogP contribution in [0.1, 0.15) is 30.7 Å². The van der Waals surface area contributed by atoms with Gasteiger partial charge in [-0.25, -0.2) is 0 Å². The third-order valence-electron chi connectivity index (χ3n) is 1.70. The molecule has 0 saturated heterocycles. The molecule has 0 amide bonds. The lowest BCUT2D eigenvalue weighted by Crippen LogP contribution is -2.18. The summed E-state index contributed by atoms with van der Waals surface area (Å²) in [7, 11) is 0. The standard InChI is InChI=1S/C8H12N2O.C2H6/c1-5-3-6(2)10-8(11)7(5)4-9;1-2/h3H,4,9H2,1-2H3,(H,10,11);1-2H3. The van der Waals surface area contributed by atoms with Gasteiger partial charge in [-0.05, 0) is 25.5 Å². The number of hydrogen-bond acceptors (Lipinski definition) is 2. The quantitative estimate of drug-likeness (QED) is 0.691. The Hall–Kier alpha value is -1.09. The van der Waals surface area contributed by atoms with Crippen molar-refractivity contribution in [2.75, 3.05) is 0 Å². The van der Waals surface area contributed by atoms with Crippen molar-refractivity contribution in [3.8, 4) is 0 Å². The summed E-state index contributed by atoms with van der Waals surface area (Å²) in [5, 5.41) is 0. The first-order valence-electron chi connectivity index (χ1n) is 4.54. The molecule has 0 atom stereocenters. The summed E-state index contributed by atoms with van der Waals surface area (Å²) in [6.07, 6.45) is 0. The van der Waals surface area contributed by atoms with E-state index in [1.165, 1.54) is 0 Å². The largest absolute Gasteiger partial charge is 0.326 e. The molecule has 1 heterocycles. The van der Waals surface area contributed by atoms with Crippen LogP contribution in [0.25, 0.3) is 0 Å². The molecule has 1 aromatic rings. The van der Waals surface area contributed by atoms with Gasteiger partial charge in [0, 0.05) is 17.8 Å². The van der Waals surface area contributed by atoms with Gasteiger partial charge in [-0.2, -0.15) is 0 Å². The molecular formula is C10H18N2O. The van der Waals surface area contributed by atoms with Crippen molar-refractivity contribution in [3.63, 3.8) is 0 Å². The normalized spacial score (nSPS) is 9.00. The predicted molar refractivity (Wildman–Crippen MR) is 55.8 cm³/mol. The highest BCUT2D eigenvalue weighted by molar-refractivity contribution is 5.24. The first kappa shape index (κ1) is 11.9. The third kappa shape index (κ3) is 3.03. The SMILES string of the molecule is CC.Cc1cc(C)c(CN)c(=O)[nH]1. The molecule has 74 valence electrons. The van der Waals surface area contributed by atoms with Gasteiger partial charge < -0.3 is 10.7 Å². The Kier molecular flexibility index (Phi) is 5.07. The van der Waals surface area contributed by atoms with Crippen molar-refractivity contribution in [2.45, 2.75) is 34.2 Å². The smallest absolute Gasteiger partial charge is 0.252 e. The Morgan fingerprint density at radius 1 is 1.38 bits per heavy atom. The molecule has 0 aromatic carbocycles. The summed E-state index contributed by atoms with van der Waals surface area (Å²) in [5.74, 6) is 0. The van der Waals surface area contributed by atoms with Gasteiger partial charge in [-0.15, -0.1) is 0 Å². The van der Waals surface area contributed by atoms with Crippen LogP contribution in [0, 0.1) is 13.8 Å². The van der Waals surface area contributed by atoms with Crippen LogP contribution in [0.3, 0.4) is 0 Å². The number of rotatable bonds is 1. The summed E-state index contributed by atoms with van der Waals surface area (Å²) >= 11 is 0. The molecular weight excluding hydrogens is 164 g/mol. The summed E-state index contributed by atoms with van der Waals surface area (Å²) in [5.41, 5.74) is 7.84. The molecule has 0 aliphatic heterocycles. The van der Waals surface area contributed by atoms with Crippen LogP contribution in [0.2, 0.25) is 0 Å². The van der Waals surface area contributed by atoms with Gasteiger partial charge in [-0.3, -0.25) is 4.79 Å². The van der Waals surface area contributed by atoms with Gasteiger partial charge in [0.2, 0.25) is 0 Å². The molecule has 0 saturated carbocycles. The topological polar surface area (TPSA) is 58.9 Å². The van der Waals surface area contributed by atoms with E-state index in [1.807, 2.05) is 33.8 Å². The molecule has 0 unspecified atom stereocenters. The van der Waals surface area contributed by atoms with Crippen LogP contribution in [-0.2, 0) is 6.54 Å². The van der Waals surface area contributed by atoms with Gasteiger partial charge in [-0.1, -0.05) is 13.8 Å². The molecule has 0 aliphatic carbocycles. The summed E-state index contributed by atoms with van der Waals surface area (Å²) in [6, 6.07) is 1.92. The number of aromatic nitrogens is 1. The highest BCUT2D eigenvalue weighted by Gasteiger charge is 2.00. The van der Waals surface area contributed by atoms with Crippen LogP contribution in [0.5, 0.6) is 0 Å². The lowest BCUT2D eigenvalue weighted by Gasteiger charge is -2.01. The highest BCUT2D eigenvalue weighted by Crippen LogP contribution is 2.01. The van der Waals surface area contributed by atoms with E-state index in [-0.39, 0.29) is 5.56 Å². The zero-order valence-corrected chi connectivity index (χ0v) is 8.77. The lowest BCUT2D eigenvalue weighted by molar-refractivity contribution is 0.975. The average Bonchev–Trinajstić information content (AvgIpc) is 2.07. The van der Waals surface area contributed by atoms with Crippen LogP contribution in [0.4, 0.5) is 0 Å². The Balaban J connectivity index is 0.000000671. The monoisotopic (exact) mass is 182 g/mol. The molecule has 0 radical (unpaired) electrons. The number of aryl methyl sites for hydroxylation is 2. The van der Waals surface area contributed by atoms with Crippen LogP contribution in [0.15, 0.2) is 10.9 Å². The van der Waals surface area contributed by atoms with E-state index in [4.69, 9.17) is 5.73 Å². The second-order valence-electron chi connectivity index (χ2n) is 2.65. The van der Waals surface area contributed by atoms with Crippen molar-refractivity contribution < 1.29 is 0 Å². The minimum absolute atomic E-state index is 0.0648. The van der Waals surface area contributed by atoms with E-state index >= 15 is 0 Å². The first-order chi connectivity index (χ1) is 6.15. The van der Waals surface area contributed by atoms with Crippen molar-refractivity contribution in [3.05, 3.63) is 33.2 Å². The maximum Gasteiger partial charge on any atom is 0.252 e. The zero-order chi connectivity index (χ0) is 10.4.